The van der Waals surface area contributed by atoms with Gasteiger partial charge in [0.05, 0.1) is 0 Å². The lowest BCUT2D eigenvalue weighted by molar-refractivity contribution is 0.424. The van der Waals surface area contributed by atoms with Gasteiger partial charge in [0.25, 0.3) is 0 Å². The molecule has 1 aromatic rings. The fourth-order valence-corrected chi connectivity index (χ4v) is 1.88. The molecule has 1 N–H and O–H groups in total. The van der Waals surface area contributed by atoms with Gasteiger partial charge in [-0.3, -0.25) is 0 Å². The second-order valence-corrected chi connectivity index (χ2v) is 6.06. The molecule has 0 aliphatic carbocycles. The first-order valence-electron chi connectivity index (χ1n) is 6.91. The maximum Gasteiger partial charge on any atom is 0.133 e. The third-order valence-electron chi connectivity index (χ3n) is 2.82. The standard InChI is InChI=1S/C16H27N3/c1-7-19(12-13(2)3)15-14(9-8-10-17-15)11-18-16(4,5)6/h8-10,18H,2,7,11-12H2,1,3-6H3. The van der Waals surface area contributed by atoms with E-state index in [-0.39, 0.29) is 5.54 Å². The number of hydrogen-bond acceptors (Lipinski definition) is 3. The molecule has 0 aliphatic rings. The summed E-state index contributed by atoms with van der Waals surface area (Å²) in [5.41, 5.74) is 2.50. The van der Waals surface area contributed by atoms with Gasteiger partial charge in [-0.05, 0) is 40.7 Å². The molecule has 106 valence electrons. The fraction of sp³-hybridized carbons (Fsp3) is 0.562. The Balaban J connectivity index is 2.90. The molecule has 0 unspecified atom stereocenters. The van der Waals surface area contributed by atoms with Crippen molar-refractivity contribution in [3.8, 4) is 0 Å². The predicted molar refractivity (Wildman–Crippen MR) is 83.5 cm³/mol. The Morgan fingerprint density at radius 1 is 1.42 bits per heavy atom. The van der Waals surface area contributed by atoms with Crippen LogP contribution >= 0.6 is 0 Å². The van der Waals surface area contributed by atoms with Gasteiger partial charge in [-0.15, -0.1) is 0 Å². The molecule has 19 heavy (non-hydrogen) atoms. The quantitative estimate of drug-likeness (QED) is 0.796. The molecule has 1 rings (SSSR count). The average molecular weight is 261 g/mol. The fourth-order valence-electron chi connectivity index (χ4n) is 1.88. The van der Waals surface area contributed by atoms with Gasteiger partial charge in [-0.1, -0.05) is 18.2 Å². The van der Waals surface area contributed by atoms with Crippen molar-refractivity contribution in [2.45, 2.75) is 46.7 Å². The number of hydrogen-bond donors (Lipinski definition) is 1. The molecule has 0 amide bonds. The number of nitrogens with one attached hydrogen (secondary N) is 1. The van der Waals surface area contributed by atoms with Gasteiger partial charge >= 0.3 is 0 Å². The second kappa shape index (κ2) is 6.71. The molecule has 3 nitrogen and oxygen atoms in total. The Bertz CT molecular complexity index is 418. The molecule has 0 saturated heterocycles. The first-order chi connectivity index (χ1) is 8.83. The first kappa shape index (κ1) is 15.7. The molecule has 0 aliphatic heterocycles. The lowest BCUT2D eigenvalue weighted by atomic mass is 10.1. The van der Waals surface area contributed by atoms with Crippen molar-refractivity contribution in [3.63, 3.8) is 0 Å². The van der Waals surface area contributed by atoms with E-state index in [1.54, 1.807) is 0 Å². The van der Waals surface area contributed by atoms with Gasteiger partial charge in [-0.25, -0.2) is 4.98 Å². The average Bonchev–Trinajstić information content (AvgIpc) is 2.33. The van der Waals surface area contributed by atoms with Crippen molar-refractivity contribution < 1.29 is 0 Å². The molecule has 0 spiro atoms. The third kappa shape index (κ3) is 5.43. The van der Waals surface area contributed by atoms with Crippen LogP contribution in [0.2, 0.25) is 0 Å². The minimum Gasteiger partial charge on any atom is -0.353 e. The van der Waals surface area contributed by atoms with E-state index in [1.807, 2.05) is 12.3 Å². The summed E-state index contributed by atoms with van der Waals surface area (Å²) in [7, 11) is 0. The second-order valence-electron chi connectivity index (χ2n) is 6.06. The monoisotopic (exact) mass is 261 g/mol. The van der Waals surface area contributed by atoms with Gasteiger partial charge < -0.3 is 10.2 Å². The first-order valence-corrected chi connectivity index (χ1v) is 6.91. The van der Waals surface area contributed by atoms with Crippen molar-refractivity contribution >= 4 is 5.82 Å². The van der Waals surface area contributed by atoms with Crippen LogP contribution in [-0.2, 0) is 6.54 Å². The minimum absolute atomic E-state index is 0.110. The number of aromatic nitrogens is 1. The van der Waals surface area contributed by atoms with E-state index >= 15 is 0 Å². The normalized spacial score (nSPS) is 11.4. The summed E-state index contributed by atoms with van der Waals surface area (Å²) < 4.78 is 0. The van der Waals surface area contributed by atoms with Crippen molar-refractivity contribution in [2.75, 3.05) is 18.0 Å². The number of rotatable bonds is 6. The Labute approximate surface area is 117 Å². The van der Waals surface area contributed by atoms with Crippen molar-refractivity contribution in [1.82, 2.24) is 10.3 Å². The van der Waals surface area contributed by atoms with Gasteiger partial charge in [-0.2, -0.15) is 0 Å². The Morgan fingerprint density at radius 3 is 2.63 bits per heavy atom. The number of anilines is 1. The van der Waals surface area contributed by atoms with Crippen LogP contribution in [0.1, 0.15) is 40.2 Å². The third-order valence-corrected chi connectivity index (χ3v) is 2.82. The van der Waals surface area contributed by atoms with Crippen LogP contribution in [0.15, 0.2) is 30.5 Å². The molecule has 1 heterocycles. The van der Waals surface area contributed by atoms with Crippen LogP contribution in [-0.4, -0.2) is 23.6 Å². The number of pyridine rings is 1. The summed E-state index contributed by atoms with van der Waals surface area (Å²) in [5.74, 6) is 1.06. The maximum absolute atomic E-state index is 4.55. The van der Waals surface area contributed by atoms with Gasteiger partial charge in [0, 0.05) is 36.9 Å². The Kier molecular flexibility index (Phi) is 5.55. The summed E-state index contributed by atoms with van der Waals surface area (Å²) in [6.45, 7) is 17.4. The van der Waals surface area contributed by atoms with Crippen LogP contribution < -0.4 is 10.2 Å². The number of likely N-dealkylation sites (N-methyl/N-ethyl adjacent to an activating group) is 1. The van der Waals surface area contributed by atoms with Crippen molar-refractivity contribution in [1.29, 1.82) is 0 Å². The maximum atomic E-state index is 4.55. The summed E-state index contributed by atoms with van der Waals surface area (Å²) in [6.07, 6.45) is 1.86. The summed E-state index contributed by atoms with van der Waals surface area (Å²) >= 11 is 0. The van der Waals surface area contributed by atoms with Crippen molar-refractivity contribution in [2.24, 2.45) is 0 Å². The predicted octanol–water partition coefficient (Wildman–Crippen LogP) is 3.37. The zero-order chi connectivity index (χ0) is 14.5. The van der Waals surface area contributed by atoms with Gasteiger partial charge in [0.15, 0.2) is 0 Å². The molecular formula is C16H27N3. The number of nitrogens with zero attached hydrogens (tertiary/aromatic N) is 2. The Morgan fingerprint density at radius 2 is 2.11 bits per heavy atom. The van der Waals surface area contributed by atoms with Crippen LogP contribution in [0.3, 0.4) is 0 Å². The smallest absolute Gasteiger partial charge is 0.133 e. The zero-order valence-electron chi connectivity index (χ0n) is 13.0. The van der Waals surface area contributed by atoms with Crippen LogP contribution in [0.4, 0.5) is 5.82 Å². The van der Waals surface area contributed by atoms with Crippen LogP contribution in [0.25, 0.3) is 0 Å². The van der Waals surface area contributed by atoms with Gasteiger partial charge in [0.2, 0.25) is 0 Å². The SMILES string of the molecule is C=C(C)CN(CC)c1ncccc1CNC(C)(C)C. The molecular weight excluding hydrogens is 234 g/mol. The summed E-state index contributed by atoms with van der Waals surface area (Å²) in [4.78, 5) is 6.81. The largest absolute Gasteiger partial charge is 0.353 e. The van der Waals surface area contributed by atoms with E-state index in [9.17, 15) is 0 Å². The van der Waals surface area contributed by atoms with Crippen LogP contribution in [0, 0.1) is 0 Å². The molecule has 1 aromatic heterocycles. The van der Waals surface area contributed by atoms with E-state index in [1.165, 1.54) is 5.56 Å². The van der Waals surface area contributed by atoms with Gasteiger partial charge in [0.1, 0.15) is 5.82 Å². The molecule has 0 radical (unpaired) electrons. The highest BCUT2D eigenvalue weighted by Gasteiger charge is 2.14. The highest BCUT2D eigenvalue weighted by Crippen LogP contribution is 2.18. The van der Waals surface area contributed by atoms with E-state index in [0.29, 0.717) is 0 Å². The molecule has 0 saturated carbocycles. The van der Waals surface area contributed by atoms with Crippen molar-refractivity contribution in [3.05, 3.63) is 36.0 Å². The topological polar surface area (TPSA) is 28.2 Å². The molecule has 3 heteroatoms. The highest BCUT2D eigenvalue weighted by atomic mass is 15.2. The van der Waals surface area contributed by atoms with E-state index in [4.69, 9.17) is 0 Å². The Hall–Kier alpha value is -1.35. The van der Waals surface area contributed by atoms with Crippen LogP contribution in [0.5, 0.6) is 0 Å². The molecule has 0 fully saturated rings. The molecule has 0 bridgehead atoms. The lowest BCUT2D eigenvalue weighted by Crippen LogP contribution is -2.36. The molecule has 0 aromatic carbocycles. The van der Waals surface area contributed by atoms with E-state index in [2.05, 4.69) is 62.5 Å². The highest BCUT2D eigenvalue weighted by molar-refractivity contribution is 5.47. The summed E-state index contributed by atoms with van der Waals surface area (Å²) in [6, 6.07) is 4.14. The lowest BCUT2D eigenvalue weighted by Gasteiger charge is -2.26. The molecule has 0 atom stereocenters. The summed E-state index contributed by atoms with van der Waals surface area (Å²) in [5, 5.41) is 3.52. The van der Waals surface area contributed by atoms with E-state index < -0.39 is 0 Å². The van der Waals surface area contributed by atoms with E-state index in [0.717, 1.165) is 31.0 Å². The minimum atomic E-state index is 0.110. The zero-order valence-corrected chi connectivity index (χ0v) is 13.0.